The van der Waals surface area contributed by atoms with Gasteiger partial charge in [0.1, 0.15) is 0 Å². The van der Waals surface area contributed by atoms with Crippen LogP contribution in [0.1, 0.15) is 30.0 Å². The average Bonchev–Trinajstić information content (AvgIpc) is 2.14. The van der Waals surface area contributed by atoms with E-state index in [1.807, 2.05) is 6.92 Å². The fourth-order valence-corrected chi connectivity index (χ4v) is 1.54. The highest BCUT2D eigenvalue weighted by molar-refractivity contribution is 5.32. The average molecular weight is 231 g/mol. The molecule has 0 aromatic heterocycles. The summed E-state index contributed by atoms with van der Waals surface area (Å²) < 4.78 is 37.2. The maximum atomic E-state index is 12.4. The third-order valence-corrected chi connectivity index (χ3v) is 2.54. The molecule has 0 amide bonds. The van der Waals surface area contributed by atoms with Gasteiger partial charge in [0.2, 0.25) is 0 Å². The number of alkyl halides is 3. The third kappa shape index (κ3) is 3.52. The van der Waals surface area contributed by atoms with Gasteiger partial charge < -0.3 is 5.73 Å². The molecule has 0 unspecified atom stereocenters. The first-order valence-corrected chi connectivity index (χ1v) is 5.23. The van der Waals surface area contributed by atoms with Gasteiger partial charge in [0, 0.05) is 6.04 Å². The molecule has 0 heterocycles. The summed E-state index contributed by atoms with van der Waals surface area (Å²) in [6.07, 6.45) is -2.75. The molecule has 0 aliphatic heterocycles. The van der Waals surface area contributed by atoms with E-state index < -0.39 is 11.7 Å². The van der Waals surface area contributed by atoms with E-state index in [1.165, 1.54) is 6.07 Å². The second-order valence-corrected chi connectivity index (χ2v) is 4.15. The largest absolute Gasteiger partial charge is 0.416 e. The fourth-order valence-electron chi connectivity index (χ4n) is 1.54. The molecule has 0 aliphatic carbocycles. The van der Waals surface area contributed by atoms with E-state index >= 15 is 0 Å². The van der Waals surface area contributed by atoms with E-state index in [1.54, 1.807) is 13.0 Å². The van der Waals surface area contributed by atoms with E-state index in [0.717, 1.165) is 24.5 Å². The topological polar surface area (TPSA) is 26.0 Å². The molecule has 90 valence electrons. The summed E-state index contributed by atoms with van der Waals surface area (Å²) in [6.45, 7) is 3.59. The van der Waals surface area contributed by atoms with Crippen molar-refractivity contribution in [1.82, 2.24) is 0 Å². The molecular weight excluding hydrogens is 215 g/mol. The van der Waals surface area contributed by atoms with Crippen LogP contribution in [0, 0.1) is 6.92 Å². The molecule has 1 aromatic rings. The Morgan fingerprint density at radius 2 is 1.94 bits per heavy atom. The summed E-state index contributed by atoms with van der Waals surface area (Å²) in [6, 6.07) is 3.93. The minimum atomic E-state index is -4.26. The van der Waals surface area contributed by atoms with E-state index in [4.69, 9.17) is 5.73 Å². The Kier molecular flexibility index (Phi) is 3.97. The summed E-state index contributed by atoms with van der Waals surface area (Å²) in [7, 11) is 0. The van der Waals surface area contributed by atoms with Crippen LogP contribution in [0.25, 0.3) is 0 Å². The summed E-state index contributed by atoms with van der Waals surface area (Å²) in [4.78, 5) is 0. The number of hydrogen-bond acceptors (Lipinski definition) is 1. The number of nitrogens with two attached hydrogens (primary N) is 1. The minimum absolute atomic E-state index is 0.0710. The Bertz CT molecular complexity index is 356. The molecule has 16 heavy (non-hydrogen) atoms. The molecule has 0 fully saturated rings. The van der Waals surface area contributed by atoms with Crippen LogP contribution in [0.2, 0.25) is 0 Å². The number of halogens is 3. The van der Waals surface area contributed by atoms with Gasteiger partial charge in [-0.05, 0) is 49.9 Å². The quantitative estimate of drug-likeness (QED) is 0.848. The predicted molar refractivity (Wildman–Crippen MR) is 58.2 cm³/mol. The second kappa shape index (κ2) is 4.87. The van der Waals surface area contributed by atoms with Crippen LogP contribution in [-0.2, 0) is 12.6 Å². The molecule has 4 heteroatoms. The molecule has 1 rings (SSSR count). The maximum Gasteiger partial charge on any atom is 0.416 e. The van der Waals surface area contributed by atoms with Gasteiger partial charge in [0.05, 0.1) is 5.56 Å². The first-order valence-electron chi connectivity index (χ1n) is 5.23. The molecule has 0 aliphatic rings. The summed E-state index contributed by atoms with van der Waals surface area (Å²) in [5.74, 6) is 0. The van der Waals surface area contributed by atoms with Gasteiger partial charge in [-0.25, -0.2) is 0 Å². The van der Waals surface area contributed by atoms with Crippen molar-refractivity contribution >= 4 is 0 Å². The zero-order valence-electron chi connectivity index (χ0n) is 9.43. The van der Waals surface area contributed by atoms with E-state index in [2.05, 4.69) is 0 Å². The van der Waals surface area contributed by atoms with Crippen LogP contribution < -0.4 is 5.73 Å². The smallest absolute Gasteiger partial charge is 0.328 e. The van der Waals surface area contributed by atoms with Crippen LogP contribution in [-0.4, -0.2) is 6.04 Å². The van der Waals surface area contributed by atoms with Crippen molar-refractivity contribution in [2.75, 3.05) is 0 Å². The number of rotatable bonds is 3. The van der Waals surface area contributed by atoms with E-state index in [0.29, 0.717) is 5.56 Å². The molecule has 1 nitrogen and oxygen atoms in total. The van der Waals surface area contributed by atoms with Crippen LogP contribution in [0.5, 0.6) is 0 Å². The summed E-state index contributed by atoms with van der Waals surface area (Å²) in [5, 5.41) is 0. The monoisotopic (exact) mass is 231 g/mol. The van der Waals surface area contributed by atoms with Crippen molar-refractivity contribution in [2.24, 2.45) is 5.73 Å². The van der Waals surface area contributed by atoms with Crippen molar-refractivity contribution in [3.63, 3.8) is 0 Å². The van der Waals surface area contributed by atoms with Crippen LogP contribution >= 0.6 is 0 Å². The van der Waals surface area contributed by atoms with Crippen LogP contribution in [0.3, 0.4) is 0 Å². The molecule has 0 saturated carbocycles. The summed E-state index contributed by atoms with van der Waals surface area (Å²) in [5.41, 5.74) is 6.63. The zero-order valence-corrected chi connectivity index (χ0v) is 9.43. The summed E-state index contributed by atoms with van der Waals surface area (Å²) >= 11 is 0. The van der Waals surface area contributed by atoms with E-state index in [-0.39, 0.29) is 6.04 Å². The van der Waals surface area contributed by atoms with Gasteiger partial charge in [-0.1, -0.05) is 6.07 Å². The SMILES string of the molecule is Cc1cc(C(F)(F)F)ccc1CC[C@@H](C)N. The maximum absolute atomic E-state index is 12.4. The van der Waals surface area contributed by atoms with Gasteiger partial charge in [0.25, 0.3) is 0 Å². The number of benzene rings is 1. The molecule has 1 atom stereocenters. The minimum Gasteiger partial charge on any atom is -0.328 e. The molecular formula is C12H16F3N. The van der Waals surface area contributed by atoms with Crippen molar-refractivity contribution in [3.8, 4) is 0 Å². The van der Waals surface area contributed by atoms with Crippen molar-refractivity contribution in [2.45, 2.75) is 38.9 Å². The predicted octanol–water partition coefficient (Wildman–Crippen LogP) is 3.29. The lowest BCUT2D eigenvalue weighted by Gasteiger charge is -2.11. The standard InChI is InChI=1S/C12H16F3N/c1-8-7-11(12(13,14)15)6-5-10(8)4-3-9(2)16/h5-7,9H,3-4,16H2,1-2H3/t9-/m1/s1. The molecule has 1 aromatic carbocycles. The van der Waals surface area contributed by atoms with Crippen molar-refractivity contribution in [1.29, 1.82) is 0 Å². The molecule has 2 N–H and O–H groups in total. The van der Waals surface area contributed by atoms with Gasteiger partial charge >= 0.3 is 6.18 Å². The third-order valence-electron chi connectivity index (χ3n) is 2.54. The lowest BCUT2D eigenvalue weighted by atomic mass is 9.99. The van der Waals surface area contributed by atoms with Gasteiger partial charge in [-0.15, -0.1) is 0 Å². The van der Waals surface area contributed by atoms with Gasteiger partial charge in [-0.3, -0.25) is 0 Å². The van der Waals surface area contributed by atoms with Crippen molar-refractivity contribution < 1.29 is 13.2 Å². The Morgan fingerprint density at radius 3 is 2.38 bits per heavy atom. The first kappa shape index (κ1) is 13.0. The van der Waals surface area contributed by atoms with Crippen molar-refractivity contribution in [3.05, 3.63) is 34.9 Å². The lowest BCUT2D eigenvalue weighted by Crippen LogP contribution is -2.15. The Morgan fingerprint density at radius 1 is 1.31 bits per heavy atom. The number of hydrogen-bond donors (Lipinski definition) is 1. The van der Waals surface area contributed by atoms with E-state index in [9.17, 15) is 13.2 Å². The Labute approximate surface area is 93.5 Å². The van der Waals surface area contributed by atoms with Gasteiger partial charge in [-0.2, -0.15) is 13.2 Å². The van der Waals surface area contributed by atoms with Gasteiger partial charge in [0.15, 0.2) is 0 Å². The molecule has 0 radical (unpaired) electrons. The molecule has 0 bridgehead atoms. The highest BCUT2D eigenvalue weighted by Crippen LogP contribution is 2.30. The zero-order chi connectivity index (χ0) is 12.3. The molecule has 0 spiro atoms. The second-order valence-electron chi connectivity index (χ2n) is 4.15. The van der Waals surface area contributed by atoms with Crippen LogP contribution in [0.4, 0.5) is 13.2 Å². The highest BCUT2D eigenvalue weighted by Gasteiger charge is 2.30. The van der Waals surface area contributed by atoms with Crippen LogP contribution in [0.15, 0.2) is 18.2 Å². The molecule has 0 saturated heterocycles. The Balaban J connectivity index is 2.84. The normalized spacial score (nSPS) is 13.9. The fraction of sp³-hybridized carbons (Fsp3) is 0.500. The first-order chi connectivity index (χ1) is 7.30. The Hall–Kier alpha value is -1.03. The lowest BCUT2D eigenvalue weighted by molar-refractivity contribution is -0.137. The highest BCUT2D eigenvalue weighted by atomic mass is 19.4. The number of aryl methyl sites for hydroxylation is 2.